The highest BCUT2D eigenvalue weighted by Crippen LogP contribution is 2.35. The van der Waals surface area contributed by atoms with Gasteiger partial charge in [0, 0.05) is 17.3 Å². The van der Waals surface area contributed by atoms with E-state index in [1.807, 2.05) is 0 Å². The van der Waals surface area contributed by atoms with Gasteiger partial charge in [-0.05, 0) is 44.0 Å². The maximum atomic E-state index is 12.0. The van der Waals surface area contributed by atoms with Crippen molar-refractivity contribution in [3.05, 3.63) is 40.3 Å². The second-order valence-electron chi connectivity index (χ2n) is 5.38. The molecule has 1 fully saturated rings. The monoisotopic (exact) mass is 332 g/mol. The smallest absolute Gasteiger partial charge is 0.325 e. The second-order valence-corrected chi connectivity index (χ2v) is 6.33. The molecule has 2 N–H and O–H groups in total. The van der Waals surface area contributed by atoms with Gasteiger partial charge in [-0.3, -0.25) is 14.2 Å². The molecule has 120 valence electrons. The van der Waals surface area contributed by atoms with Crippen molar-refractivity contribution in [1.82, 2.24) is 14.8 Å². The fourth-order valence-electron chi connectivity index (χ4n) is 2.16. The van der Waals surface area contributed by atoms with Gasteiger partial charge in [0.25, 0.3) is 0 Å². The van der Waals surface area contributed by atoms with Crippen LogP contribution in [0.4, 0.5) is 5.69 Å². The molecular weight excluding hydrogens is 316 g/mol. The van der Waals surface area contributed by atoms with Crippen LogP contribution in [0.1, 0.15) is 36.2 Å². The maximum Gasteiger partial charge on any atom is 0.344 e. The first-order chi connectivity index (χ1) is 11.0. The molecule has 1 aromatic heterocycles. The summed E-state index contributed by atoms with van der Waals surface area (Å²) in [5.74, 6) is -0.0516. The van der Waals surface area contributed by atoms with Crippen LogP contribution in [-0.4, -0.2) is 32.2 Å². The second kappa shape index (κ2) is 6.41. The van der Waals surface area contributed by atoms with E-state index in [9.17, 15) is 14.4 Å². The molecule has 0 atom stereocenters. The zero-order valence-corrected chi connectivity index (χ0v) is 13.4. The number of benzene rings is 1. The molecule has 0 aliphatic heterocycles. The SMILES string of the molecule is CC(=O)c1ccc(NC(=O)CSc2n[nH]c(=O)n2C2CC2)cc1. The lowest BCUT2D eigenvalue weighted by Gasteiger charge is -2.06. The fraction of sp³-hybridized carbons (Fsp3) is 0.333. The quantitative estimate of drug-likeness (QED) is 0.621. The fourth-order valence-corrected chi connectivity index (χ4v) is 2.98. The Morgan fingerprint density at radius 1 is 1.35 bits per heavy atom. The van der Waals surface area contributed by atoms with Crippen molar-refractivity contribution in [2.45, 2.75) is 31.0 Å². The number of H-pyrrole nitrogens is 1. The summed E-state index contributed by atoms with van der Waals surface area (Å²) < 4.78 is 1.61. The molecule has 3 rings (SSSR count). The molecule has 8 heteroatoms. The number of aromatic nitrogens is 3. The van der Waals surface area contributed by atoms with Gasteiger partial charge in [0.2, 0.25) is 5.91 Å². The first-order valence-corrected chi connectivity index (χ1v) is 8.23. The van der Waals surface area contributed by atoms with E-state index >= 15 is 0 Å². The molecule has 1 heterocycles. The summed E-state index contributed by atoms with van der Waals surface area (Å²) in [5, 5.41) is 9.67. The van der Waals surface area contributed by atoms with Crippen molar-refractivity contribution in [1.29, 1.82) is 0 Å². The van der Waals surface area contributed by atoms with Crippen molar-refractivity contribution in [3.63, 3.8) is 0 Å². The molecule has 7 nitrogen and oxygen atoms in total. The highest BCUT2D eigenvalue weighted by molar-refractivity contribution is 7.99. The summed E-state index contributed by atoms with van der Waals surface area (Å²) in [5.41, 5.74) is 1.000. The Labute approximate surface area is 136 Å². The summed E-state index contributed by atoms with van der Waals surface area (Å²) in [4.78, 5) is 34.8. The number of aromatic amines is 1. The normalized spacial score (nSPS) is 13.8. The minimum atomic E-state index is -0.227. The van der Waals surface area contributed by atoms with Crippen molar-refractivity contribution < 1.29 is 9.59 Å². The predicted octanol–water partition coefficient (Wildman–Crippen LogP) is 1.84. The Bertz CT molecular complexity index is 790. The number of thioether (sulfide) groups is 1. The number of nitrogens with one attached hydrogen (secondary N) is 2. The van der Waals surface area contributed by atoms with Gasteiger partial charge in [-0.1, -0.05) is 11.8 Å². The number of anilines is 1. The number of nitrogens with zero attached hydrogens (tertiary/aromatic N) is 2. The van der Waals surface area contributed by atoms with Gasteiger partial charge in [0.05, 0.1) is 5.75 Å². The standard InChI is InChI=1S/C15H16N4O3S/c1-9(20)10-2-4-11(5-3-10)16-13(21)8-23-15-18-17-14(22)19(15)12-6-7-12/h2-5,12H,6-8H2,1H3,(H,16,21)(H,17,22). The molecule has 23 heavy (non-hydrogen) atoms. The molecule has 1 saturated carbocycles. The molecular formula is C15H16N4O3S. The number of amides is 1. The summed E-state index contributed by atoms with van der Waals surface area (Å²) >= 11 is 1.23. The molecule has 0 unspecified atom stereocenters. The lowest BCUT2D eigenvalue weighted by Crippen LogP contribution is -2.17. The average Bonchev–Trinajstić information content (AvgIpc) is 3.29. The molecule has 0 radical (unpaired) electrons. The molecule has 0 spiro atoms. The van der Waals surface area contributed by atoms with E-state index in [4.69, 9.17) is 0 Å². The summed E-state index contributed by atoms with van der Waals surface area (Å²) in [6.07, 6.45) is 1.95. The highest BCUT2D eigenvalue weighted by atomic mass is 32.2. The van der Waals surface area contributed by atoms with Crippen LogP contribution in [0.15, 0.2) is 34.2 Å². The third kappa shape index (κ3) is 3.70. The van der Waals surface area contributed by atoms with Crippen LogP contribution < -0.4 is 11.0 Å². The molecule has 1 aromatic carbocycles. The summed E-state index contributed by atoms with van der Waals surface area (Å²) in [6.45, 7) is 1.49. The number of ketones is 1. The van der Waals surface area contributed by atoms with E-state index in [-0.39, 0.29) is 29.2 Å². The first kappa shape index (κ1) is 15.5. The van der Waals surface area contributed by atoms with Crippen LogP contribution in [0, 0.1) is 0 Å². The minimum Gasteiger partial charge on any atom is -0.325 e. The number of rotatable bonds is 6. The van der Waals surface area contributed by atoms with E-state index < -0.39 is 0 Å². The van der Waals surface area contributed by atoms with Crippen LogP contribution in [0.25, 0.3) is 0 Å². The van der Waals surface area contributed by atoms with Gasteiger partial charge >= 0.3 is 5.69 Å². The van der Waals surface area contributed by atoms with Gasteiger partial charge < -0.3 is 5.32 Å². The average molecular weight is 332 g/mol. The summed E-state index contributed by atoms with van der Waals surface area (Å²) in [7, 11) is 0. The maximum absolute atomic E-state index is 12.0. The largest absolute Gasteiger partial charge is 0.344 e. The molecule has 1 amide bonds. The van der Waals surface area contributed by atoms with Crippen molar-refractivity contribution in [3.8, 4) is 0 Å². The Balaban J connectivity index is 1.57. The third-order valence-electron chi connectivity index (χ3n) is 3.49. The summed E-state index contributed by atoms with van der Waals surface area (Å²) in [6, 6.07) is 6.93. The molecule has 1 aliphatic carbocycles. The number of Topliss-reactive ketones (excluding diaryl/α,β-unsaturated/α-hetero) is 1. The van der Waals surface area contributed by atoms with Gasteiger partial charge in [0.1, 0.15) is 0 Å². The Morgan fingerprint density at radius 3 is 2.65 bits per heavy atom. The van der Waals surface area contributed by atoms with Gasteiger partial charge in [-0.15, -0.1) is 5.10 Å². The zero-order chi connectivity index (χ0) is 16.4. The van der Waals surface area contributed by atoms with Crippen LogP contribution in [0.3, 0.4) is 0 Å². The molecule has 0 bridgehead atoms. The van der Waals surface area contributed by atoms with E-state index in [2.05, 4.69) is 15.5 Å². The number of hydrogen-bond acceptors (Lipinski definition) is 5. The van der Waals surface area contributed by atoms with E-state index in [1.54, 1.807) is 28.8 Å². The number of carbonyl (C=O) groups is 2. The molecule has 2 aromatic rings. The third-order valence-corrected chi connectivity index (χ3v) is 4.44. The van der Waals surface area contributed by atoms with Crippen molar-refractivity contribution in [2.24, 2.45) is 0 Å². The number of hydrogen-bond donors (Lipinski definition) is 2. The van der Waals surface area contributed by atoms with Crippen molar-refractivity contribution in [2.75, 3.05) is 11.1 Å². The van der Waals surface area contributed by atoms with Crippen LogP contribution in [0.2, 0.25) is 0 Å². The molecule has 1 aliphatic rings. The topological polar surface area (TPSA) is 96.8 Å². The van der Waals surface area contributed by atoms with Crippen molar-refractivity contribution >= 4 is 29.1 Å². The van der Waals surface area contributed by atoms with Gasteiger partial charge in [0.15, 0.2) is 10.9 Å². The lowest BCUT2D eigenvalue weighted by atomic mass is 10.1. The Kier molecular flexibility index (Phi) is 4.33. The van der Waals surface area contributed by atoms with Gasteiger partial charge in [-0.2, -0.15) is 0 Å². The molecule has 0 saturated heterocycles. The van der Waals surface area contributed by atoms with Crippen LogP contribution >= 0.6 is 11.8 Å². The first-order valence-electron chi connectivity index (χ1n) is 7.25. The van der Waals surface area contributed by atoms with E-state index in [0.29, 0.717) is 16.4 Å². The predicted molar refractivity (Wildman–Crippen MR) is 86.9 cm³/mol. The van der Waals surface area contributed by atoms with E-state index in [1.165, 1.54) is 18.7 Å². The van der Waals surface area contributed by atoms with Gasteiger partial charge in [-0.25, -0.2) is 9.89 Å². The van der Waals surface area contributed by atoms with E-state index in [0.717, 1.165) is 12.8 Å². The minimum absolute atomic E-state index is 0.0185. The number of carbonyl (C=O) groups excluding carboxylic acids is 2. The lowest BCUT2D eigenvalue weighted by molar-refractivity contribution is -0.113. The zero-order valence-electron chi connectivity index (χ0n) is 12.5. The highest BCUT2D eigenvalue weighted by Gasteiger charge is 2.28. The Hall–Kier alpha value is -2.35. The van der Waals surface area contributed by atoms with Crippen LogP contribution in [0.5, 0.6) is 0 Å². The Morgan fingerprint density at radius 2 is 2.04 bits per heavy atom. The van der Waals surface area contributed by atoms with Crippen LogP contribution in [-0.2, 0) is 4.79 Å².